The van der Waals surface area contributed by atoms with Gasteiger partial charge in [0.15, 0.2) is 0 Å². The highest BCUT2D eigenvalue weighted by Gasteiger charge is 2.20. The Labute approximate surface area is 43.1 Å². The van der Waals surface area contributed by atoms with Crippen LogP contribution in [0.1, 0.15) is 12.8 Å². The minimum absolute atomic E-state index is 0.137. The van der Waals surface area contributed by atoms with Gasteiger partial charge in [-0.3, -0.25) is 0 Å². The monoisotopic (exact) mass is 119 g/mol. The van der Waals surface area contributed by atoms with Crippen LogP contribution in [0.15, 0.2) is 4.36 Å². The summed E-state index contributed by atoms with van der Waals surface area (Å²) in [5.41, 5.74) is 0. The summed E-state index contributed by atoms with van der Waals surface area (Å²) in [5.74, 6) is 0. The summed E-state index contributed by atoms with van der Waals surface area (Å²) < 4.78 is 22.7. The summed E-state index contributed by atoms with van der Waals surface area (Å²) in [6.07, 6.45) is 1.90. The number of hydrogen-bond acceptors (Lipinski definition) is 3. The van der Waals surface area contributed by atoms with Crippen molar-refractivity contribution in [2.24, 2.45) is 4.36 Å². The van der Waals surface area contributed by atoms with Crippen molar-refractivity contribution >= 4 is 10.5 Å². The highest BCUT2D eigenvalue weighted by Crippen LogP contribution is 2.22. The van der Waals surface area contributed by atoms with Crippen LogP contribution in [0.2, 0.25) is 0 Å². The largest absolute Gasteiger partial charge is 0.311 e. The maximum Gasteiger partial charge on any atom is 0.311 e. The predicted molar refractivity (Wildman–Crippen MR) is 24.4 cm³/mol. The lowest BCUT2D eigenvalue weighted by Crippen LogP contribution is -1.67. The van der Waals surface area contributed by atoms with Crippen molar-refractivity contribution in [3.63, 3.8) is 0 Å². The molecule has 1 aliphatic rings. The molecule has 1 saturated carbocycles. The Balaban J connectivity index is 2.61. The molecule has 0 amide bonds. The van der Waals surface area contributed by atoms with E-state index in [1.165, 1.54) is 0 Å². The van der Waals surface area contributed by atoms with Gasteiger partial charge < -0.3 is 0 Å². The van der Waals surface area contributed by atoms with Crippen LogP contribution in [0.5, 0.6) is 0 Å². The van der Waals surface area contributed by atoms with Gasteiger partial charge in [0.1, 0.15) is 0 Å². The number of rotatable bonds is 1. The van der Waals surface area contributed by atoms with E-state index in [0.717, 1.165) is 12.8 Å². The Morgan fingerprint density at radius 1 is 1.43 bits per heavy atom. The molecule has 1 aliphatic carbocycles. The molecule has 0 aromatic rings. The molecule has 0 saturated heterocycles. The van der Waals surface area contributed by atoms with Crippen molar-refractivity contribution in [3.8, 4) is 0 Å². The van der Waals surface area contributed by atoms with Gasteiger partial charge in [-0.25, -0.2) is 0 Å². The maximum atomic E-state index is 9.68. The average molecular weight is 119 g/mol. The SMILES string of the molecule is O=S(=O)=NC1CC1. The third-order valence-corrected chi connectivity index (χ3v) is 1.25. The normalized spacial score (nSPS) is 18.9. The average Bonchev–Trinajstić information content (AvgIpc) is 2.17. The van der Waals surface area contributed by atoms with Crippen LogP contribution in [0.3, 0.4) is 0 Å². The van der Waals surface area contributed by atoms with E-state index in [9.17, 15) is 8.42 Å². The van der Waals surface area contributed by atoms with Crippen molar-refractivity contribution in [3.05, 3.63) is 0 Å². The van der Waals surface area contributed by atoms with Crippen molar-refractivity contribution in [1.82, 2.24) is 0 Å². The molecule has 0 aromatic carbocycles. The number of nitrogens with zero attached hydrogens (tertiary/aromatic N) is 1. The second-order valence-electron chi connectivity index (χ2n) is 1.55. The minimum atomic E-state index is -2.16. The molecule has 40 valence electrons. The molecule has 0 bridgehead atoms. The fourth-order valence-corrected chi connectivity index (χ4v) is 0.756. The molecule has 0 N–H and O–H groups in total. The van der Waals surface area contributed by atoms with E-state index in [0.29, 0.717) is 0 Å². The van der Waals surface area contributed by atoms with Gasteiger partial charge in [-0.1, -0.05) is 0 Å². The zero-order valence-corrected chi connectivity index (χ0v) is 4.48. The summed E-state index contributed by atoms with van der Waals surface area (Å²) >= 11 is 0. The lowest BCUT2D eigenvalue weighted by atomic mass is 10.8. The Morgan fingerprint density at radius 3 is 2.14 bits per heavy atom. The van der Waals surface area contributed by atoms with E-state index in [1.54, 1.807) is 0 Å². The zero-order chi connectivity index (χ0) is 5.28. The molecular weight excluding hydrogens is 114 g/mol. The summed E-state index contributed by atoms with van der Waals surface area (Å²) in [7, 11) is -2.16. The van der Waals surface area contributed by atoms with Crippen molar-refractivity contribution in [2.75, 3.05) is 0 Å². The van der Waals surface area contributed by atoms with Crippen LogP contribution >= 0.6 is 0 Å². The fourth-order valence-electron chi connectivity index (χ4n) is 0.302. The minimum Gasteiger partial charge on any atom is -0.168 e. The van der Waals surface area contributed by atoms with Gasteiger partial charge in [0.25, 0.3) is 0 Å². The molecule has 4 heteroatoms. The molecule has 0 radical (unpaired) electrons. The van der Waals surface area contributed by atoms with Crippen LogP contribution < -0.4 is 0 Å². The Kier molecular flexibility index (Phi) is 1.10. The molecule has 0 atom stereocenters. The first kappa shape index (κ1) is 4.77. The topological polar surface area (TPSA) is 46.5 Å². The van der Waals surface area contributed by atoms with E-state index in [-0.39, 0.29) is 6.04 Å². The van der Waals surface area contributed by atoms with Crippen LogP contribution in [-0.4, -0.2) is 14.5 Å². The second-order valence-corrected chi connectivity index (χ2v) is 2.20. The van der Waals surface area contributed by atoms with Crippen molar-refractivity contribution in [1.29, 1.82) is 0 Å². The summed E-state index contributed by atoms with van der Waals surface area (Å²) in [4.78, 5) is 0. The van der Waals surface area contributed by atoms with Crippen molar-refractivity contribution in [2.45, 2.75) is 18.9 Å². The highest BCUT2D eigenvalue weighted by molar-refractivity contribution is 7.61. The van der Waals surface area contributed by atoms with Crippen LogP contribution in [-0.2, 0) is 10.5 Å². The molecule has 7 heavy (non-hydrogen) atoms. The number of hydrogen-bond donors (Lipinski definition) is 0. The molecule has 0 unspecified atom stereocenters. The van der Waals surface area contributed by atoms with Crippen molar-refractivity contribution < 1.29 is 8.42 Å². The Morgan fingerprint density at radius 2 is 2.00 bits per heavy atom. The van der Waals surface area contributed by atoms with E-state index in [4.69, 9.17) is 0 Å². The third kappa shape index (κ3) is 1.68. The molecule has 3 nitrogen and oxygen atoms in total. The Hall–Kier alpha value is -0.380. The quantitative estimate of drug-likeness (QED) is 0.495. The molecule has 0 aliphatic heterocycles. The lowest BCUT2D eigenvalue weighted by Gasteiger charge is -1.63. The Bertz CT molecular complexity index is 169. The molecule has 0 heterocycles. The first-order valence-corrected chi connectivity index (χ1v) is 3.12. The fraction of sp³-hybridized carbons (Fsp3) is 1.00. The van der Waals surface area contributed by atoms with Gasteiger partial charge in [-0.05, 0) is 12.8 Å². The van der Waals surface area contributed by atoms with E-state index in [2.05, 4.69) is 4.36 Å². The second kappa shape index (κ2) is 1.61. The van der Waals surface area contributed by atoms with E-state index in [1.807, 2.05) is 0 Å². The van der Waals surface area contributed by atoms with Gasteiger partial charge in [0.2, 0.25) is 0 Å². The van der Waals surface area contributed by atoms with E-state index < -0.39 is 10.5 Å². The van der Waals surface area contributed by atoms with Crippen LogP contribution in [0.4, 0.5) is 0 Å². The zero-order valence-electron chi connectivity index (χ0n) is 3.66. The van der Waals surface area contributed by atoms with Gasteiger partial charge in [-0.15, -0.1) is 0 Å². The van der Waals surface area contributed by atoms with Crippen LogP contribution in [0, 0.1) is 0 Å². The third-order valence-electron chi connectivity index (χ3n) is 0.782. The molecule has 1 rings (SSSR count). The molecule has 0 aromatic heterocycles. The molecule has 1 fully saturated rings. The summed E-state index contributed by atoms with van der Waals surface area (Å²) in [5, 5.41) is 0. The van der Waals surface area contributed by atoms with Gasteiger partial charge >= 0.3 is 10.5 Å². The van der Waals surface area contributed by atoms with Gasteiger partial charge in [0.05, 0.1) is 6.04 Å². The van der Waals surface area contributed by atoms with E-state index >= 15 is 0 Å². The highest BCUT2D eigenvalue weighted by atomic mass is 32.2. The van der Waals surface area contributed by atoms with Gasteiger partial charge in [0, 0.05) is 0 Å². The summed E-state index contributed by atoms with van der Waals surface area (Å²) in [6.45, 7) is 0. The maximum absolute atomic E-state index is 9.68. The standard InChI is InChI=1S/C3H5NO2S/c5-7(6)4-3-1-2-3/h3H,1-2H2. The first-order valence-electron chi connectivity index (χ1n) is 2.09. The summed E-state index contributed by atoms with van der Waals surface area (Å²) in [6, 6.07) is 0.137. The smallest absolute Gasteiger partial charge is 0.168 e. The molecular formula is C3H5NO2S. The van der Waals surface area contributed by atoms with Gasteiger partial charge in [-0.2, -0.15) is 12.8 Å². The van der Waals surface area contributed by atoms with Crippen LogP contribution in [0.25, 0.3) is 0 Å². The molecule has 0 spiro atoms. The first-order chi connectivity index (χ1) is 3.29. The lowest BCUT2D eigenvalue weighted by molar-refractivity contribution is 0.620. The predicted octanol–water partition coefficient (Wildman–Crippen LogP) is 0.212.